The summed E-state index contributed by atoms with van der Waals surface area (Å²) in [6, 6.07) is 11.7. The van der Waals surface area contributed by atoms with Crippen LogP contribution < -0.4 is 4.74 Å². The van der Waals surface area contributed by atoms with Crippen LogP contribution in [0, 0.1) is 5.82 Å². The van der Waals surface area contributed by atoms with Crippen molar-refractivity contribution in [3.05, 3.63) is 58.3 Å². The standard InChI is InChI=1S/C15H14BrFO2/c1-2-14(18)11-5-3-4-6-15(11)19-10-7-8-13(17)12(16)9-10/h3-9,14,18H,2H2,1H3/t14-/m1/s1. The average Bonchev–Trinajstić information content (AvgIpc) is 2.43. The molecule has 0 aromatic heterocycles. The second-order valence-corrected chi connectivity index (χ2v) is 4.99. The third kappa shape index (κ3) is 3.33. The maximum atomic E-state index is 13.2. The highest BCUT2D eigenvalue weighted by molar-refractivity contribution is 9.10. The van der Waals surface area contributed by atoms with Crippen LogP contribution in [0.5, 0.6) is 11.5 Å². The number of benzene rings is 2. The van der Waals surface area contributed by atoms with E-state index in [1.165, 1.54) is 6.07 Å². The Balaban J connectivity index is 2.30. The first kappa shape index (κ1) is 14.0. The number of rotatable bonds is 4. The van der Waals surface area contributed by atoms with E-state index in [-0.39, 0.29) is 5.82 Å². The van der Waals surface area contributed by atoms with Gasteiger partial charge in [0.2, 0.25) is 0 Å². The molecule has 0 saturated carbocycles. The molecule has 2 rings (SSSR count). The van der Waals surface area contributed by atoms with Crippen LogP contribution in [0.3, 0.4) is 0 Å². The van der Waals surface area contributed by atoms with E-state index in [4.69, 9.17) is 4.74 Å². The molecule has 0 fully saturated rings. The zero-order valence-corrected chi connectivity index (χ0v) is 12.0. The molecule has 2 nitrogen and oxygen atoms in total. The van der Waals surface area contributed by atoms with Gasteiger partial charge in [-0.25, -0.2) is 4.39 Å². The van der Waals surface area contributed by atoms with Crippen molar-refractivity contribution in [2.24, 2.45) is 0 Å². The Kier molecular flexibility index (Phi) is 4.56. The fourth-order valence-electron chi connectivity index (χ4n) is 1.74. The van der Waals surface area contributed by atoms with Crippen LogP contribution in [0.1, 0.15) is 25.0 Å². The molecule has 0 bridgehead atoms. The Morgan fingerprint density at radius 2 is 2.00 bits per heavy atom. The van der Waals surface area contributed by atoms with Crippen LogP contribution in [-0.4, -0.2) is 5.11 Å². The average molecular weight is 325 g/mol. The molecule has 2 aromatic rings. The SMILES string of the molecule is CC[C@@H](O)c1ccccc1Oc1ccc(F)c(Br)c1. The smallest absolute Gasteiger partial charge is 0.137 e. The van der Waals surface area contributed by atoms with E-state index in [0.717, 1.165) is 5.56 Å². The van der Waals surface area contributed by atoms with Crippen LogP contribution >= 0.6 is 15.9 Å². The summed E-state index contributed by atoms with van der Waals surface area (Å²) in [4.78, 5) is 0. The molecule has 100 valence electrons. The molecule has 0 radical (unpaired) electrons. The number of hydrogen-bond acceptors (Lipinski definition) is 2. The monoisotopic (exact) mass is 324 g/mol. The summed E-state index contributed by atoms with van der Waals surface area (Å²) in [6.07, 6.45) is 0.0353. The minimum atomic E-state index is -0.569. The second kappa shape index (κ2) is 6.17. The quantitative estimate of drug-likeness (QED) is 0.873. The van der Waals surface area contributed by atoms with Gasteiger partial charge in [-0.15, -0.1) is 0 Å². The van der Waals surface area contributed by atoms with Crippen molar-refractivity contribution in [1.82, 2.24) is 0 Å². The number of para-hydroxylation sites is 1. The Bertz CT molecular complexity index is 572. The van der Waals surface area contributed by atoms with Gasteiger partial charge in [0.25, 0.3) is 0 Å². The van der Waals surface area contributed by atoms with Gasteiger partial charge in [0, 0.05) is 5.56 Å². The highest BCUT2D eigenvalue weighted by Crippen LogP contribution is 2.32. The van der Waals surface area contributed by atoms with Crippen molar-refractivity contribution in [3.8, 4) is 11.5 Å². The number of ether oxygens (including phenoxy) is 1. The second-order valence-electron chi connectivity index (χ2n) is 4.14. The van der Waals surface area contributed by atoms with Crippen molar-refractivity contribution >= 4 is 15.9 Å². The molecule has 1 N–H and O–H groups in total. The number of aliphatic hydroxyl groups is 1. The molecular weight excluding hydrogens is 311 g/mol. The van der Waals surface area contributed by atoms with Crippen LogP contribution in [0.2, 0.25) is 0 Å². The van der Waals surface area contributed by atoms with Gasteiger partial charge < -0.3 is 9.84 Å². The summed E-state index contributed by atoms with van der Waals surface area (Å²) >= 11 is 3.12. The van der Waals surface area contributed by atoms with Gasteiger partial charge in [-0.2, -0.15) is 0 Å². The maximum Gasteiger partial charge on any atom is 0.137 e. The van der Waals surface area contributed by atoms with Gasteiger partial charge in [-0.05, 0) is 46.6 Å². The first-order chi connectivity index (χ1) is 9.11. The Morgan fingerprint density at radius 3 is 2.68 bits per heavy atom. The van der Waals surface area contributed by atoms with Crippen LogP contribution in [0.4, 0.5) is 4.39 Å². The third-order valence-corrected chi connectivity index (χ3v) is 3.39. The van der Waals surface area contributed by atoms with Crippen molar-refractivity contribution in [3.63, 3.8) is 0 Å². The molecular formula is C15H14BrFO2. The van der Waals surface area contributed by atoms with Gasteiger partial charge >= 0.3 is 0 Å². The minimum Gasteiger partial charge on any atom is -0.457 e. The molecule has 0 amide bonds. The molecule has 19 heavy (non-hydrogen) atoms. The summed E-state index contributed by atoms with van der Waals surface area (Å²) in [5.74, 6) is 0.758. The first-order valence-corrected chi connectivity index (χ1v) is 6.81. The number of hydrogen-bond donors (Lipinski definition) is 1. The maximum absolute atomic E-state index is 13.2. The van der Waals surface area contributed by atoms with E-state index in [2.05, 4.69) is 15.9 Å². The van der Waals surface area contributed by atoms with Crippen LogP contribution in [-0.2, 0) is 0 Å². The topological polar surface area (TPSA) is 29.5 Å². The summed E-state index contributed by atoms with van der Waals surface area (Å²) in [5, 5.41) is 9.94. The lowest BCUT2D eigenvalue weighted by Crippen LogP contribution is -1.98. The van der Waals surface area contributed by atoms with Crippen molar-refractivity contribution in [2.45, 2.75) is 19.4 Å². The molecule has 0 aliphatic heterocycles. The highest BCUT2D eigenvalue weighted by Gasteiger charge is 2.12. The van der Waals surface area contributed by atoms with Crippen LogP contribution in [0.25, 0.3) is 0 Å². The van der Waals surface area contributed by atoms with Gasteiger partial charge in [-0.1, -0.05) is 25.1 Å². The normalized spacial score (nSPS) is 12.2. The Labute approximate surface area is 120 Å². The zero-order chi connectivity index (χ0) is 13.8. The minimum absolute atomic E-state index is 0.339. The van der Waals surface area contributed by atoms with Gasteiger partial charge in [-0.3, -0.25) is 0 Å². The fraction of sp³-hybridized carbons (Fsp3) is 0.200. The first-order valence-electron chi connectivity index (χ1n) is 6.01. The molecule has 0 aliphatic carbocycles. The lowest BCUT2D eigenvalue weighted by molar-refractivity contribution is 0.170. The third-order valence-electron chi connectivity index (χ3n) is 2.78. The summed E-state index contributed by atoms with van der Waals surface area (Å²) in [7, 11) is 0. The summed E-state index contributed by atoms with van der Waals surface area (Å²) < 4.78 is 19.2. The van der Waals surface area contributed by atoms with Gasteiger partial charge in [0.15, 0.2) is 0 Å². The lowest BCUT2D eigenvalue weighted by atomic mass is 10.1. The van der Waals surface area contributed by atoms with E-state index >= 15 is 0 Å². The predicted octanol–water partition coefficient (Wildman–Crippen LogP) is 4.82. The highest BCUT2D eigenvalue weighted by atomic mass is 79.9. The van der Waals surface area contributed by atoms with E-state index in [1.807, 2.05) is 25.1 Å². The molecule has 2 aromatic carbocycles. The Morgan fingerprint density at radius 1 is 1.26 bits per heavy atom. The van der Waals surface area contributed by atoms with Crippen molar-refractivity contribution < 1.29 is 14.2 Å². The van der Waals surface area contributed by atoms with E-state index in [1.54, 1.807) is 18.2 Å². The van der Waals surface area contributed by atoms with E-state index in [9.17, 15) is 9.50 Å². The number of aliphatic hydroxyl groups excluding tert-OH is 1. The zero-order valence-electron chi connectivity index (χ0n) is 10.4. The Hall–Kier alpha value is -1.39. The fourth-order valence-corrected chi connectivity index (χ4v) is 2.09. The summed E-state index contributed by atoms with van der Waals surface area (Å²) in [6.45, 7) is 1.90. The van der Waals surface area contributed by atoms with Gasteiger partial charge in [0.05, 0.1) is 10.6 Å². The molecule has 1 atom stereocenters. The molecule has 4 heteroatoms. The van der Waals surface area contributed by atoms with Gasteiger partial charge in [0.1, 0.15) is 17.3 Å². The van der Waals surface area contributed by atoms with Crippen LogP contribution in [0.15, 0.2) is 46.9 Å². The van der Waals surface area contributed by atoms with E-state index in [0.29, 0.717) is 22.4 Å². The molecule has 0 heterocycles. The molecule has 0 aliphatic rings. The molecule has 0 spiro atoms. The summed E-state index contributed by atoms with van der Waals surface area (Å²) in [5.41, 5.74) is 0.727. The lowest BCUT2D eigenvalue weighted by Gasteiger charge is -2.14. The number of halogens is 2. The molecule has 0 unspecified atom stereocenters. The molecule has 0 saturated heterocycles. The predicted molar refractivity (Wildman–Crippen MR) is 75.9 cm³/mol. The van der Waals surface area contributed by atoms with E-state index < -0.39 is 6.10 Å². The largest absolute Gasteiger partial charge is 0.457 e. The van der Waals surface area contributed by atoms with Crippen molar-refractivity contribution in [1.29, 1.82) is 0 Å². The van der Waals surface area contributed by atoms with Crippen molar-refractivity contribution in [2.75, 3.05) is 0 Å².